The number of amides is 1. The third-order valence-corrected chi connectivity index (χ3v) is 5.97. The standard InChI is InChI=1S/C22H24BrClN2O3S/c1-2-28-19-12-15(22(30)26-9-4-3-5-10-26)11-18(23)21(19)29-14-20(27)25-17-8-6-7-16(24)13-17/h6-8,11-13H,2-5,9-10,14H2,1H3,(H,25,27). The minimum absolute atomic E-state index is 0.166. The predicted molar refractivity (Wildman–Crippen MR) is 128 cm³/mol. The van der Waals surface area contributed by atoms with E-state index in [1.54, 1.807) is 24.3 Å². The number of anilines is 1. The summed E-state index contributed by atoms with van der Waals surface area (Å²) in [5, 5.41) is 3.32. The number of piperidine rings is 1. The third kappa shape index (κ3) is 6.09. The normalized spacial score (nSPS) is 13.6. The number of thiocarbonyl (C=S) groups is 1. The molecule has 0 saturated carbocycles. The molecule has 0 aromatic heterocycles. The predicted octanol–water partition coefficient (Wildman–Crippen LogP) is 5.68. The summed E-state index contributed by atoms with van der Waals surface area (Å²) in [5.41, 5.74) is 1.51. The van der Waals surface area contributed by atoms with Crippen molar-refractivity contribution in [3.05, 3.63) is 51.5 Å². The number of carbonyl (C=O) groups excluding carboxylic acids is 1. The van der Waals surface area contributed by atoms with E-state index in [-0.39, 0.29) is 12.5 Å². The third-order valence-electron chi connectivity index (χ3n) is 4.66. The first-order valence-corrected chi connectivity index (χ1v) is 11.5. The van der Waals surface area contributed by atoms with Gasteiger partial charge in [0.05, 0.1) is 11.1 Å². The minimum atomic E-state index is -0.292. The number of halogens is 2. The van der Waals surface area contributed by atoms with Gasteiger partial charge in [0.25, 0.3) is 5.91 Å². The van der Waals surface area contributed by atoms with E-state index in [1.165, 1.54) is 6.42 Å². The monoisotopic (exact) mass is 510 g/mol. The van der Waals surface area contributed by atoms with E-state index in [1.807, 2.05) is 19.1 Å². The van der Waals surface area contributed by atoms with Gasteiger partial charge < -0.3 is 19.7 Å². The maximum atomic E-state index is 12.3. The number of nitrogens with zero attached hydrogens (tertiary/aromatic N) is 1. The Hall–Kier alpha value is -1.83. The van der Waals surface area contributed by atoms with E-state index in [9.17, 15) is 4.79 Å². The van der Waals surface area contributed by atoms with Crippen molar-refractivity contribution in [1.82, 2.24) is 4.90 Å². The average Bonchev–Trinajstić information content (AvgIpc) is 2.73. The smallest absolute Gasteiger partial charge is 0.262 e. The summed E-state index contributed by atoms with van der Waals surface area (Å²) >= 11 is 15.2. The van der Waals surface area contributed by atoms with Gasteiger partial charge >= 0.3 is 0 Å². The molecule has 1 heterocycles. The van der Waals surface area contributed by atoms with Crippen molar-refractivity contribution in [2.24, 2.45) is 0 Å². The molecule has 0 bridgehead atoms. The molecule has 0 aliphatic carbocycles. The van der Waals surface area contributed by atoms with Crippen molar-refractivity contribution < 1.29 is 14.3 Å². The van der Waals surface area contributed by atoms with Gasteiger partial charge in [0, 0.05) is 29.4 Å². The van der Waals surface area contributed by atoms with E-state index in [4.69, 9.17) is 33.3 Å². The Morgan fingerprint density at radius 3 is 2.67 bits per heavy atom. The molecule has 1 amide bonds. The van der Waals surface area contributed by atoms with Crippen LogP contribution in [0.2, 0.25) is 5.02 Å². The molecule has 2 aromatic carbocycles. The Balaban J connectivity index is 1.71. The highest BCUT2D eigenvalue weighted by molar-refractivity contribution is 9.10. The van der Waals surface area contributed by atoms with E-state index in [0.29, 0.717) is 33.3 Å². The lowest BCUT2D eigenvalue weighted by Gasteiger charge is -2.29. The topological polar surface area (TPSA) is 50.8 Å². The van der Waals surface area contributed by atoms with Crippen LogP contribution < -0.4 is 14.8 Å². The zero-order valence-corrected chi connectivity index (χ0v) is 19.9. The molecule has 30 heavy (non-hydrogen) atoms. The van der Waals surface area contributed by atoms with Crippen LogP contribution in [0.5, 0.6) is 11.5 Å². The molecule has 0 radical (unpaired) electrons. The quantitative estimate of drug-likeness (QED) is 0.485. The highest BCUT2D eigenvalue weighted by atomic mass is 79.9. The van der Waals surface area contributed by atoms with Gasteiger partial charge in [-0.25, -0.2) is 0 Å². The van der Waals surface area contributed by atoms with Crippen LogP contribution >= 0.6 is 39.7 Å². The molecule has 5 nitrogen and oxygen atoms in total. The van der Waals surface area contributed by atoms with Crippen molar-refractivity contribution >= 4 is 56.3 Å². The lowest BCUT2D eigenvalue weighted by Crippen LogP contribution is -2.34. The fourth-order valence-electron chi connectivity index (χ4n) is 3.28. The van der Waals surface area contributed by atoms with Crippen LogP contribution in [0.15, 0.2) is 40.9 Å². The van der Waals surface area contributed by atoms with Gasteiger partial charge in [-0.05, 0) is 72.4 Å². The van der Waals surface area contributed by atoms with Crippen LogP contribution in [-0.2, 0) is 4.79 Å². The van der Waals surface area contributed by atoms with Crippen LogP contribution in [0.1, 0.15) is 31.7 Å². The number of benzene rings is 2. The second-order valence-electron chi connectivity index (χ2n) is 6.92. The van der Waals surface area contributed by atoms with Crippen LogP contribution in [0.25, 0.3) is 0 Å². The number of hydrogen-bond donors (Lipinski definition) is 1. The molecular formula is C22H24BrClN2O3S. The van der Waals surface area contributed by atoms with Crippen molar-refractivity contribution in [2.75, 3.05) is 31.6 Å². The van der Waals surface area contributed by atoms with Crippen molar-refractivity contribution in [1.29, 1.82) is 0 Å². The van der Waals surface area contributed by atoms with Crippen LogP contribution in [0, 0.1) is 0 Å². The van der Waals surface area contributed by atoms with Crippen molar-refractivity contribution in [2.45, 2.75) is 26.2 Å². The molecule has 1 aliphatic heterocycles. The van der Waals surface area contributed by atoms with Gasteiger partial charge in [0.2, 0.25) is 0 Å². The van der Waals surface area contributed by atoms with Crippen molar-refractivity contribution in [3.63, 3.8) is 0 Å². The molecule has 8 heteroatoms. The number of nitrogens with one attached hydrogen (secondary N) is 1. The van der Waals surface area contributed by atoms with Crippen LogP contribution in [0.4, 0.5) is 5.69 Å². The first-order valence-electron chi connectivity index (χ1n) is 9.91. The van der Waals surface area contributed by atoms with Gasteiger partial charge in [-0.15, -0.1) is 0 Å². The second kappa shape index (κ2) is 11.0. The van der Waals surface area contributed by atoms with E-state index in [0.717, 1.165) is 36.5 Å². The fourth-order valence-corrected chi connectivity index (χ4v) is 4.32. The van der Waals surface area contributed by atoms with Crippen LogP contribution in [0.3, 0.4) is 0 Å². The lowest BCUT2D eigenvalue weighted by molar-refractivity contribution is -0.118. The molecule has 0 unspecified atom stereocenters. The number of hydrogen-bond acceptors (Lipinski definition) is 4. The van der Waals surface area contributed by atoms with Crippen LogP contribution in [-0.4, -0.2) is 42.1 Å². The molecule has 3 rings (SSSR count). The molecule has 0 spiro atoms. The highest BCUT2D eigenvalue weighted by Gasteiger charge is 2.20. The average molecular weight is 512 g/mol. The molecule has 1 N–H and O–H groups in total. The molecular weight excluding hydrogens is 488 g/mol. The summed E-state index contributed by atoms with van der Waals surface area (Å²) in [7, 11) is 0. The Labute approximate surface area is 195 Å². The van der Waals surface area contributed by atoms with Gasteiger partial charge in [-0.1, -0.05) is 29.9 Å². The SMILES string of the molecule is CCOc1cc(C(=S)N2CCCCC2)cc(Br)c1OCC(=O)Nc1cccc(Cl)c1. The van der Waals surface area contributed by atoms with E-state index in [2.05, 4.69) is 26.1 Å². The van der Waals surface area contributed by atoms with Crippen molar-refractivity contribution in [3.8, 4) is 11.5 Å². The van der Waals surface area contributed by atoms with Gasteiger partial charge in [-0.3, -0.25) is 4.79 Å². The number of ether oxygens (including phenoxy) is 2. The molecule has 0 atom stereocenters. The first kappa shape index (κ1) is 22.8. The molecule has 2 aromatic rings. The molecule has 1 aliphatic rings. The summed E-state index contributed by atoms with van der Waals surface area (Å²) in [6.07, 6.45) is 3.56. The summed E-state index contributed by atoms with van der Waals surface area (Å²) in [6, 6.07) is 10.8. The Bertz CT molecular complexity index is 919. The molecule has 160 valence electrons. The van der Waals surface area contributed by atoms with Gasteiger partial charge in [0.15, 0.2) is 18.1 Å². The van der Waals surface area contributed by atoms with Gasteiger partial charge in [0.1, 0.15) is 4.99 Å². The highest BCUT2D eigenvalue weighted by Crippen LogP contribution is 2.37. The minimum Gasteiger partial charge on any atom is -0.490 e. The number of rotatable bonds is 7. The molecule has 1 fully saturated rings. The van der Waals surface area contributed by atoms with E-state index < -0.39 is 0 Å². The second-order valence-corrected chi connectivity index (χ2v) is 8.60. The summed E-state index contributed by atoms with van der Waals surface area (Å²) in [5.74, 6) is 0.736. The Kier molecular flexibility index (Phi) is 8.36. The van der Waals surface area contributed by atoms with Gasteiger partial charge in [-0.2, -0.15) is 0 Å². The Morgan fingerprint density at radius 2 is 1.97 bits per heavy atom. The Morgan fingerprint density at radius 1 is 1.20 bits per heavy atom. The fraction of sp³-hybridized carbons (Fsp3) is 0.364. The zero-order valence-electron chi connectivity index (χ0n) is 16.7. The summed E-state index contributed by atoms with van der Waals surface area (Å²) in [6.45, 7) is 4.16. The number of likely N-dealkylation sites (tertiary alicyclic amines) is 1. The maximum Gasteiger partial charge on any atom is 0.262 e. The largest absolute Gasteiger partial charge is 0.490 e. The summed E-state index contributed by atoms with van der Waals surface area (Å²) < 4.78 is 12.3. The maximum absolute atomic E-state index is 12.3. The van der Waals surface area contributed by atoms with E-state index >= 15 is 0 Å². The summed E-state index contributed by atoms with van der Waals surface area (Å²) in [4.78, 5) is 15.3. The first-order chi connectivity index (χ1) is 14.5. The number of carbonyl (C=O) groups is 1. The zero-order chi connectivity index (χ0) is 21.5. The lowest BCUT2D eigenvalue weighted by atomic mass is 10.1. The molecule has 1 saturated heterocycles.